The summed E-state index contributed by atoms with van der Waals surface area (Å²) in [7, 11) is 0. The van der Waals surface area contributed by atoms with Crippen molar-refractivity contribution in [3.8, 4) is 44.7 Å². The molecule has 4 heteroatoms. The fourth-order valence-corrected chi connectivity index (χ4v) is 7.38. The third-order valence-electron chi connectivity index (χ3n) is 6.75. The molecule has 0 atom stereocenters. The van der Waals surface area contributed by atoms with Gasteiger partial charge < -0.3 is 0 Å². The van der Waals surface area contributed by atoms with Crippen LogP contribution in [0.15, 0.2) is 24.3 Å². The molecular weight excluding hydrogens is 585 g/mol. The average Bonchev–Trinajstić information content (AvgIpc) is 2.98. The highest BCUT2D eigenvalue weighted by molar-refractivity contribution is 8.05. The molecule has 4 aliphatic heterocycles. The van der Waals surface area contributed by atoms with Gasteiger partial charge in [0.05, 0.1) is 0 Å². The summed E-state index contributed by atoms with van der Waals surface area (Å²) in [5.41, 5.74) is 10.1. The van der Waals surface area contributed by atoms with Crippen molar-refractivity contribution in [1.29, 1.82) is 0 Å². The molecule has 2 aromatic carbocycles. The Morgan fingerprint density at radius 1 is 0.429 bits per heavy atom. The Labute approximate surface area is 273 Å². The molecule has 0 fully saturated rings. The maximum Gasteiger partial charge on any atom is 0.0289 e. The molecule has 0 amide bonds. The van der Waals surface area contributed by atoms with Crippen LogP contribution in [-0.4, -0.2) is 23.0 Å². The van der Waals surface area contributed by atoms with E-state index in [1.54, 1.807) is 47.0 Å². The van der Waals surface area contributed by atoms with Crippen LogP contribution in [0.5, 0.6) is 0 Å². The lowest BCUT2D eigenvalue weighted by Gasteiger charge is -2.10. The fourth-order valence-electron chi connectivity index (χ4n) is 4.72. The summed E-state index contributed by atoms with van der Waals surface area (Å²) in [5, 5.41) is 13.6. The van der Waals surface area contributed by atoms with E-state index in [-0.39, 0.29) is 0 Å². The smallest absolute Gasteiger partial charge is 0.0289 e. The highest BCUT2D eigenvalue weighted by Crippen LogP contribution is 2.22. The molecule has 4 bridgehead atoms. The van der Waals surface area contributed by atoms with Crippen molar-refractivity contribution in [1.82, 2.24) is 0 Å². The molecule has 0 saturated heterocycles. The van der Waals surface area contributed by atoms with Gasteiger partial charge >= 0.3 is 0 Å². The molecule has 0 aromatic heterocycles. The molecule has 6 rings (SSSR count). The molecule has 4 aliphatic rings. The van der Waals surface area contributed by atoms with Gasteiger partial charge in [-0.3, -0.25) is 0 Å². The first-order valence-electron chi connectivity index (χ1n) is 15.5. The van der Waals surface area contributed by atoms with Gasteiger partial charge in [-0.25, -0.2) is 0 Å². The van der Waals surface area contributed by atoms with E-state index in [0.29, 0.717) is 0 Å². The van der Waals surface area contributed by atoms with E-state index in [0.717, 1.165) is 87.2 Å². The third kappa shape index (κ3) is 12.0. The van der Waals surface area contributed by atoms with Crippen molar-refractivity contribution in [3.05, 3.63) is 68.8 Å². The van der Waals surface area contributed by atoms with Gasteiger partial charge in [0.1, 0.15) is 0 Å². The largest absolute Gasteiger partial charge is 0.0747 e. The SMILES string of the molecule is CCCc1cc2c(CCC)cc1C#CSCCCSC#Cc1cc(CCC)c(cc1CCC)C#CSCCCSC#C2. The van der Waals surface area contributed by atoms with E-state index in [4.69, 9.17) is 0 Å². The Kier molecular flexibility index (Phi) is 17.2. The molecule has 42 heavy (non-hydrogen) atoms. The second-order valence-electron chi connectivity index (χ2n) is 10.3. The standard InChI is InChI=1S/C38H44S4/c1-5-11-31-27-36-16-24-40-20-10-22-42-26-18-38-30-33(13-7-3)37(29-34(38)14-8-4)17-25-41-21-9-19-39-23-15-35(31)28-32(36)12-6-2/h27-30H,5-14,19-22H2,1-4H3. The third-order valence-corrected chi connectivity index (χ3v) is 9.71. The number of hydrogen-bond donors (Lipinski definition) is 0. The predicted molar refractivity (Wildman–Crippen MR) is 195 cm³/mol. The Morgan fingerprint density at radius 3 is 0.881 bits per heavy atom. The summed E-state index contributed by atoms with van der Waals surface area (Å²) in [6.07, 6.45) is 10.8. The van der Waals surface area contributed by atoms with E-state index in [1.165, 1.54) is 44.5 Å². The van der Waals surface area contributed by atoms with Gasteiger partial charge in [0.2, 0.25) is 0 Å². The zero-order valence-electron chi connectivity index (χ0n) is 25.8. The van der Waals surface area contributed by atoms with Crippen molar-refractivity contribution in [2.45, 2.75) is 91.9 Å². The zero-order valence-corrected chi connectivity index (χ0v) is 29.1. The molecule has 0 saturated carbocycles. The van der Waals surface area contributed by atoms with Gasteiger partial charge in [0, 0.05) is 45.3 Å². The molecular formula is C38H44S4. The van der Waals surface area contributed by atoms with Crippen LogP contribution < -0.4 is 0 Å². The van der Waals surface area contributed by atoms with E-state index in [1.807, 2.05) is 0 Å². The van der Waals surface area contributed by atoms with Gasteiger partial charge in [0.15, 0.2) is 0 Å². The molecule has 2 aromatic rings. The van der Waals surface area contributed by atoms with E-state index < -0.39 is 0 Å². The van der Waals surface area contributed by atoms with Crippen molar-refractivity contribution in [3.63, 3.8) is 0 Å². The van der Waals surface area contributed by atoms with Crippen LogP contribution in [-0.2, 0) is 25.7 Å². The maximum atomic E-state index is 3.49. The van der Waals surface area contributed by atoms with Gasteiger partial charge in [-0.1, -0.05) is 124 Å². The Balaban J connectivity index is 1.84. The fraction of sp³-hybridized carbons (Fsp3) is 0.474. The van der Waals surface area contributed by atoms with Crippen molar-refractivity contribution in [2.24, 2.45) is 0 Å². The molecule has 0 nitrogen and oxygen atoms in total. The van der Waals surface area contributed by atoms with Gasteiger partial charge in [0.25, 0.3) is 0 Å². The lowest BCUT2D eigenvalue weighted by Crippen LogP contribution is -1.98. The molecule has 220 valence electrons. The van der Waals surface area contributed by atoms with Gasteiger partial charge in [-0.05, 0) is 106 Å². The average molecular weight is 629 g/mol. The van der Waals surface area contributed by atoms with Gasteiger partial charge in [-0.2, -0.15) is 0 Å². The number of thioether (sulfide) groups is 4. The van der Waals surface area contributed by atoms with Gasteiger partial charge in [-0.15, -0.1) is 0 Å². The number of aryl methyl sites for hydroxylation is 4. The number of hydrogen-bond acceptors (Lipinski definition) is 4. The lowest BCUT2D eigenvalue weighted by molar-refractivity contribution is 0.898. The molecule has 0 N–H and O–H groups in total. The lowest BCUT2D eigenvalue weighted by atomic mass is 9.94. The van der Waals surface area contributed by atoms with Crippen molar-refractivity contribution in [2.75, 3.05) is 23.0 Å². The van der Waals surface area contributed by atoms with Crippen LogP contribution in [0.3, 0.4) is 0 Å². The summed E-state index contributed by atoms with van der Waals surface area (Å²) in [4.78, 5) is 0. The Hall–Kier alpha value is -1.92. The van der Waals surface area contributed by atoms with Crippen LogP contribution in [0.2, 0.25) is 0 Å². The predicted octanol–water partition coefficient (Wildman–Crippen LogP) is 10.2. The normalized spacial score (nSPS) is 14.0. The highest BCUT2D eigenvalue weighted by Gasteiger charge is 2.09. The summed E-state index contributed by atoms with van der Waals surface area (Å²) in [5.74, 6) is 18.1. The summed E-state index contributed by atoms with van der Waals surface area (Å²) >= 11 is 6.93. The molecule has 0 spiro atoms. The first kappa shape index (κ1) is 34.6. The van der Waals surface area contributed by atoms with Crippen LogP contribution in [0.1, 0.15) is 111 Å². The minimum atomic E-state index is 1.03. The van der Waals surface area contributed by atoms with E-state index in [2.05, 4.69) is 96.7 Å². The zero-order chi connectivity index (χ0) is 29.8. The molecule has 0 unspecified atom stereocenters. The monoisotopic (exact) mass is 628 g/mol. The summed E-state index contributed by atoms with van der Waals surface area (Å²) in [6, 6.07) is 9.25. The van der Waals surface area contributed by atoms with E-state index >= 15 is 0 Å². The molecule has 0 aliphatic carbocycles. The first-order chi connectivity index (χ1) is 20.7. The maximum absolute atomic E-state index is 3.49. The second kappa shape index (κ2) is 20.9. The van der Waals surface area contributed by atoms with Crippen LogP contribution in [0, 0.1) is 44.7 Å². The summed E-state index contributed by atoms with van der Waals surface area (Å²) < 4.78 is 0. The minimum absolute atomic E-state index is 1.03. The summed E-state index contributed by atoms with van der Waals surface area (Å²) in [6.45, 7) is 8.95. The van der Waals surface area contributed by atoms with Crippen molar-refractivity contribution < 1.29 is 0 Å². The van der Waals surface area contributed by atoms with Crippen LogP contribution >= 0.6 is 47.0 Å². The minimum Gasteiger partial charge on any atom is -0.0747 e. The Morgan fingerprint density at radius 2 is 0.667 bits per heavy atom. The topological polar surface area (TPSA) is 0 Å². The quantitative estimate of drug-likeness (QED) is 0.267. The first-order valence-corrected chi connectivity index (χ1v) is 19.5. The van der Waals surface area contributed by atoms with Crippen molar-refractivity contribution >= 4 is 47.0 Å². The van der Waals surface area contributed by atoms with Crippen LogP contribution in [0.25, 0.3) is 0 Å². The Bertz CT molecular complexity index is 1190. The number of rotatable bonds is 8. The molecule has 4 heterocycles. The number of benzene rings is 2. The molecule has 0 radical (unpaired) electrons. The highest BCUT2D eigenvalue weighted by atomic mass is 32.2. The van der Waals surface area contributed by atoms with E-state index in [9.17, 15) is 0 Å². The second-order valence-corrected chi connectivity index (χ2v) is 13.9. The van der Waals surface area contributed by atoms with Crippen LogP contribution in [0.4, 0.5) is 0 Å².